The fraction of sp³-hybridized carbons (Fsp3) is 0.479. The number of aromatic amines is 2. The number of amides is 11. The highest BCUT2D eigenvalue weighted by atomic mass is 32.2. The van der Waals surface area contributed by atoms with Crippen LogP contribution >= 0.6 is 11.8 Å². The van der Waals surface area contributed by atoms with E-state index in [0.717, 1.165) is 13.8 Å². The topological polar surface area (TPSA) is 555 Å². The molecule has 9 atom stereocenters. The summed E-state index contributed by atoms with van der Waals surface area (Å²) in [5.74, 6) is -14.7. The molecule has 20 N–H and O–H groups in total. The van der Waals surface area contributed by atoms with E-state index in [2.05, 4.69) is 57.5 Å². The van der Waals surface area contributed by atoms with Crippen molar-refractivity contribution < 1.29 is 87.5 Å². The molecule has 3 aromatic carbocycles. The van der Waals surface area contributed by atoms with Crippen LogP contribution in [-0.2, 0) is 81.6 Å². The van der Waals surface area contributed by atoms with Crippen LogP contribution in [-0.4, -0.2) is 301 Å². The van der Waals surface area contributed by atoms with Crippen LogP contribution in [0.4, 0.5) is 5.69 Å². The number of rotatable bonds is 39. The van der Waals surface area contributed by atoms with E-state index in [4.69, 9.17) is 17.2 Å². The van der Waals surface area contributed by atoms with Crippen molar-refractivity contribution in [2.45, 2.75) is 108 Å². The van der Waals surface area contributed by atoms with Gasteiger partial charge in [0, 0.05) is 112 Å². The number of nitrogens with zero attached hydrogens (tertiary/aromatic N) is 6. The second-order valence-corrected chi connectivity index (χ2v) is 27.6. The van der Waals surface area contributed by atoms with Gasteiger partial charge in [-0.2, -0.15) is 11.8 Å². The SMILES string of the molecule is CSCC[C@H](NC(=O)[C@H](Cc1ccccc1)NC(=O)[C@H](Cc1cnc[nH]1)NC(=O)CNC(=O)[C@H]([C@@H](C)O)N(C(=O)c1ccc(N)cc1)C(=O)[C@H](C)NC(=O)[C@H](Cc1c[nH]c2ccccc12)NC(=O)[C@@H](NC(=O)CN)[C@H](NC(=O)CN1CCN(CC(=O)O)CCN(CC(=O)O)CCN(CC(=O)O)CC1)C(C)C)C(N)=O. The van der Waals surface area contributed by atoms with Crippen LogP contribution in [0, 0.1) is 5.92 Å². The number of benzene rings is 3. The average Bonchev–Trinajstić information content (AvgIpc) is 1.34. The van der Waals surface area contributed by atoms with Gasteiger partial charge < -0.3 is 90.1 Å². The molecule has 0 unspecified atom stereocenters. The minimum Gasteiger partial charge on any atom is -0.480 e. The molecule has 37 nitrogen and oxygen atoms in total. The Morgan fingerprint density at radius 2 is 1.10 bits per heavy atom. The highest BCUT2D eigenvalue weighted by molar-refractivity contribution is 7.98. The number of hydrogen-bond acceptors (Lipinski definition) is 23. The molecular formula is C71H99N19O18S. The molecule has 0 radical (unpaired) electrons. The van der Waals surface area contributed by atoms with E-state index in [0.29, 0.717) is 38.4 Å². The maximum atomic E-state index is 15.2. The lowest BCUT2D eigenvalue weighted by atomic mass is 9.94. The normalized spacial score (nSPS) is 15.9. The molecular weight excluding hydrogens is 1440 g/mol. The lowest BCUT2D eigenvalue weighted by Crippen LogP contribution is -2.65. The molecule has 38 heteroatoms. The summed E-state index contributed by atoms with van der Waals surface area (Å²) >= 11 is 1.42. The van der Waals surface area contributed by atoms with E-state index in [1.54, 1.807) is 100 Å². The van der Waals surface area contributed by atoms with Crippen molar-refractivity contribution in [3.05, 3.63) is 120 Å². The van der Waals surface area contributed by atoms with E-state index in [-0.39, 0.29) is 95.8 Å². The van der Waals surface area contributed by atoms with Gasteiger partial charge in [-0.25, -0.2) is 4.98 Å². The lowest BCUT2D eigenvalue weighted by molar-refractivity contribution is -0.144. The Kier molecular flexibility index (Phi) is 34.5. The molecule has 1 aliphatic rings. The first kappa shape index (κ1) is 87.0. The predicted molar refractivity (Wildman–Crippen MR) is 399 cm³/mol. The van der Waals surface area contributed by atoms with Crippen molar-refractivity contribution >= 4 is 111 Å². The maximum absolute atomic E-state index is 15.2. The fourth-order valence-electron chi connectivity index (χ4n) is 12.1. The Morgan fingerprint density at radius 3 is 1.62 bits per heavy atom. The number of H-pyrrole nitrogens is 2. The standard InChI is InChI=1S/C71H99N19O18S/c1-41(2)61(85-57(94)36-86-20-22-87(37-58(95)96)24-26-89(39-60(99)100)27-25-88(23-21-86)38-59(97)98)62(84-55(92)32-72)68(105)83-53(30-46-33-76-50-14-10-9-13-49(46)50)65(102)79-42(3)70(107)90(71(108)45-15-17-47(73)18-16-45)63(43(4)91)69(106)77-35-56(93)80-54(31-48-34-75-40-78-48)67(104)82-52(29-44-11-7-6-8-12-44)66(103)81-51(64(74)101)19-28-109-5/h6-18,33-34,40-43,51-54,61-63,76,91H,19-32,35-39,72-73H2,1-5H3,(H2,74,101)(H,75,78)(H,77,106)(H,79,102)(H,80,93)(H,81,103)(H,82,104)(H,83,105)(H,84,92)(H,85,94)(H,95,96)(H,97,98)(H,99,100)/t42-,43+,51-,52-,53-,54-,61+,62-,63-/m0/s1. The molecule has 0 bridgehead atoms. The second kappa shape index (κ2) is 43.2. The van der Waals surface area contributed by atoms with Gasteiger partial charge in [0.1, 0.15) is 42.3 Å². The van der Waals surface area contributed by atoms with Gasteiger partial charge in [0.05, 0.1) is 57.7 Å². The van der Waals surface area contributed by atoms with Crippen LogP contribution in [0.15, 0.2) is 97.6 Å². The first-order chi connectivity index (χ1) is 51.8. The largest absolute Gasteiger partial charge is 0.480 e. The lowest BCUT2D eigenvalue weighted by Gasteiger charge is -2.34. The van der Waals surface area contributed by atoms with Gasteiger partial charge in [0.2, 0.25) is 53.2 Å². The van der Waals surface area contributed by atoms with Crippen molar-refractivity contribution in [1.82, 2.24) is 82.0 Å². The number of nitrogen functional groups attached to an aromatic ring is 1. The summed E-state index contributed by atoms with van der Waals surface area (Å²) < 4.78 is 0. The molecule has 109 heavy (non-hydrogen) atoms. The predicted octanol–water partition coefficient (Wildman–Crippen LogP) is -4.22. The van der Waals surface area contributed by atoms with Gasteiger partial charge in [-0.05, 0) is 79.7 Å². The second-order valence-electron chi connectivity index (χ2n) is 26.7. The van der Waals surface area contributed by atoms with Crippen LogP contribution in [0.5, 0.6) is 0 Å². The third kappa shape index (κ3) is 28.0. The van der Waals surface area contributed by atoms with Crippen molar-refractivity contribution in [3.8, 4) is 0 Å². The highest BCUT2D eigenvalue weighted by Gasteiger charge is 2.43. The zero-order valence-electron chi connectivity index (χ0n) is 61.3. The number of para-hydroxylation sites is 1. The number of nitrogens with one attached hydrogen (secondary N) is 10. The number of aromatic nitrogens is 3. The maximum Gasteiger partial charge on any atom is 0.317 e. The van der Waals surface area contributed by atoms with Crippen molar-refractivity contribution in [1.29, 1.82) is 0 Å². The minimum atomic E-state index is -2.19. The summed E-state index contributed by atoms with van der Waals surface area (Å²) in [6.07, 6.45) is 3.66. The number of carboxylic acids is 3. The van der Waals surface area contributed by atoms with Crippen LogP contribution in [0.2, 0.25) is 0 Å². The highest BCUT2D eigenvalue weighted by Crippen LogP contribution is 2.22. The molecule has 2 aromatic heterocycles. The number of anilines is 1. The number of imide groups is 1. The summed E-state index contributed by atoms with van der Waals surface area (Å²) in [4.78, 5) is 210. The van der Waals surface area contributed by atoms with Gasteiger partial charge in [0.15, 0.2) is 0 Å². The van der Waals surface area contributed by atoms with Crippen LogP contribution in [0.3, 0.4) is 0 Å². The summed E-state index contributed by atoms with van der Waals surface area (Å²) in [6, 6.07) is 8.01. The monoisotopic (exact) mass is 1540 g/mol. The molecule has 1 saturated heterocycles. The summed E-state index contributed by atoms with van der Waals surface area (Å²) in [5.41, 5.74) is 19.4. The number of imidazole rings is 1. The van der Waals surface area contributed by atoms with Gasteiger partial charge in [0.25, 0.3) is 11.8 Å². The zero-order valence-corrected chi connectivity index (χ0v) is 62.1. The van der Waals surface area contributed by atoms with Gasteiger partial charge >= 0.3 is 17.9 Å². The Balaban J connectivity index is 1.27. The van der Waals surface area contributed by atoms with E-state index in [1.165, 1.54) is 48.6 Å². The Bertz CT molecular complexity index is 3910. The number of aliphatic hydroxyl groups is 1. The number of aliphatic carboxylic acids is 3. The number of carbonyl (C=O) groups excluding carboxylic acids is 11. The average molecular weight is 1540 g/mol. The first-order valence-electron chi connectivity index (χ1n) is 35.2. The number of thioether (sulfide) groups is 1. The fourth-order valence-corrected chi connectivity index (χ4v) is 12.6. The van der Waals surface area contributed by atoms with Crippen LogP contribution < -0.4 is 59.7 Å². The smallest absolute Gasteiger partial charge is 0.317 e. The number of nitrogens with two attached hydrogens (primary N) is 3. The summed E-state index contributed by atoms with van der Waals surface area (Å²) in [6.45, 7) is 2.86. The van der Waals surface area contributed by atoms with E-state index in [9.17, 15) is 73.2 Å². The quantitative estimate of drug-likeness (QED) is 0.0166. The minimum absolute atomic E-state index is 0.0497. The van der Waals surface area contributed by atoms with E-state index in [1.807, 2.05) is 0 Å². The number of fused-ring (bicyclic) bond motifs is 1. The molecule has 0 aliphatic carbocycles. The zero-order chi connectivity index (χ0) is 80.0. The van der Waals surface area contributed by atoms with Gasteiger partial charge in [-0.1, -0.05) is 62.4 Å². The molecule has 0 saturated carbocycles. The number of aliphatic hydroxyl groups excluding tert-OH is 1. The third-order valence-electron chi connectivity index (χ3n) is 17.9. The van der Waals surface area contributed by atoms with Crippen LogP contribution in [0.1, 0.15) is 61.3 Å². The van der Waals surface area contributed by atoms with Crippen LogP contribution in [0.25, 0.3) is 10.9 Å². The molecule has 1 aliphatic heterocycles. The van der Waals surface area contributed by atoms with Gasteiger partial charge in [-0.15, -0.1) is 0 Å². The molecule has 0 spiro atoms. The molecule has 11 amide bonds. The molecule has 3 heterocycles. The third-order valence-corrected chi connectivity index (χ3v) is 18.5. The molecule has 6 rings (SSSR count). The van der Waals surface area contributed by atoms with Gasteiger partial charge in [-0.3, -0.25) is 91.6 Å². The van der Waals surface area contributed by atoms with E-state index < -0.39 is 176 Å². The first-order valence-corrected chi connectivity index (χ1v) is 36.6. The Labute approximate surface area is 632 Å². The number of carboxylic acid groups (broad SMARTS) is 3. The summed E-state index contributed by atoms with van der Waals surface area (Å²) in [5, 5.41) is 62.1. The number of carbonyl (C=O) groups is 14. The molecule has 1 fully saturated rings. The summed E-state index contributed by atoms with van der Waals surface area (Å²) in [7, 11) is 0. The molecule has 592 valence electrons. The Morgan fingerprint density at radius 1 is 0.578 bits per heavy atom. The number of primary amides is 1. The van der Waals surface area contributed by atoms with Crippen molar-refractivity contribution in [3.63, 3.8) is 0 Å². The van der Waals surface area contributed by atoms with Crippen molar-refractivity contribution in [2.24, 2.45) is 17.4 Å². The Hall–Kier alpha value is -10.9. The van der Waals surface area contributed by atoms with Crippen molar-refractivity contribution in [2.75, 3.05) is 109 Å². The molecule has 5 aromatic rings. The number of hydrogen-bond donors (Lipinski definition) is 17. The van der Waals surface area contributed by atoms with E-state index >= 15 is 14.4 Å².